The van der Waals surface area contributed by atoms with Crippen LogP contribution in [0.15, 0.2) is 30.3 Å². The summed E-state index contributed by atoms with van der Waals surface area (Å²) < 4.78 is 0. The summed E-state index contributed by atoms with van der Waals surface area (Å²) in [6.07, 6.45) is 5.68. The van der Waals surface area contributed by atoms with Crippen LogP contribution in [-0.2, 0) is 0 Å². The molecule has 0 amide bonds. The largest absolute Gasteiger partial charge is 0.758 e. The second-order valence-electron chi connectivity index (χ2n) is 4.69. The van der Waals surface area contributed by atoms with Crippen molar-refractivity contribution < 1.29 is 0 Å². The van der Waals surface area contributed by atoms with Crippen molar-refractivity contribution in [2.24, 2.45) is 0 Å². The Morgan fingerprint density at radius 1 is 1.07 bits per heavy atom. The third kappa shape index (κ3) is 2.15. The first-order valence-corrected chi connectivity index (χ1v) is 5.75. The fourth-order valence-electron chi connectivity index (χ4n) is 2.39. The lowest BCUT2D eigenvalue weighted by Gasteiger charge is -2.50. The Hall–Kier alpha value is -1.02. The molecule has 0 unspecified atom stereocenters. The predicted molar refractivity (Wildman–Crippen MR) is 63.8 cm³/mol. The molecule has 82 valence electrons. The van der Waals surface area contributed by atoms with Gasteiger partial charge in [-0.15, -0.1) is 0 Å². The molecule has 1 aliphatic carbocycles. The van der Waals surface area contributed by atoms with Gasteiger partial charge < -0.3 is 10.3 Å². The molecule has 1 fully saturated rings. The number of benzene rings is 1. The molecule has 1 saturated carbocycles. The number of anilines is 1. The first-order valence-electron chi connectivity index (χ1n) is 5.75. The number of para-hydroxylation sites is 1. The molecule has 1 aliphatic rings. The Kier molecular flexibility index (Phi) is 2.96. The average molecular weight is 204 g/mol. The van der Waals surface area contributed by atoms with E-state index in [1.807, 2.05) is 30.3 Å². The van der Waals surface area contributed by atoms with Gasteiger partial charge in [-0.05, 0) is 31.9 Å². The Bertz CT molecular complexity index is 304. The fourth-order valence-corrected chi connectivity index (χ4v) is 2.39. The van der Waals surface area contributed by atoms with Crippen molar-refractivity contribution in [3.8, 4) is 0 Å². The standard InChI is InChI=1S/C13H18NO/c1-13(10-6-3-7-11-13)14(15)12-8-4-2-5-9-12/h2,4-5,8-9H,3,6-7,10-11H2,1H3/q-1. The molecule has 0 bridgehead atoms. The van der Waals surface area contributed by atoms with Crippen LogP contribution in [0.4, 0.5) is 5.69 Å². The number of hydrogen-bond acceptors (Lipinski definition) is 2. The molecule has 0 aliphatic heterocycles. The Balaban J connectivity index is 2.16. The summed E-state index contributed by atoms with van der Waals surface area (Å²) >= 11 is 0. The number of hydrogen-bond donors (Lipinski definition) is 0. The summed E-state index contributed by atoms with van der Waals surface area (Å²) in [6, 6.07) is 9.58. The summed E-state index contributed by atoms with van der Waals surface area (Å²) in [5, 5.41) is 13.5. The summed E-state index contributed by atoms with van der Waals surface area (Å²) in [4.78, 5) is 0. The van der Waals surface area contributed by atoms with Gasteiger partial charge >= 0.3 is 0 Å². The molecule has 0 N–H and O–H groups in total. The van der Waals surface area contributed by atoms with Crippen molar-refractivity contribution in [2.45, 2.75) is 44.6 Å². The van der Waals surface area contributed by atoms with Gasteiger partial charge in [0.2, 0.25) is 0 Å². The van der Waals surface area contributed by atoms with Gasteiger partial charge in [-0.25, -0.2) is 0 Å². The van der Waals surface area contributed by atoms with Gasteiger partial charge in [0.1, 0.15) is 0 Å². The molecule has 2 rings (SSSR count). The van der Waals surface area contributed by atoms with Gasteiger partial charge in [0.05, 0.1) is 0 Å². The lowest BCUT2D eigenvalue weighted by molar-refractivity contribution is 0.316. The second-order valence-corrected chi connectivity index (χ2v) is 4.69. The maximum Gasteiger partial charge on any atom is 0.0263 e. The highest BCUT2D eigenvalue weighted by Crippen LogP contribution is 2.35. The molecule has 15 heavy (non-hydrogen) atoms. The lowest BCUT2D eigenvalue weighted by atomic mass is 9.83. The van der Waals surface area contributed by atoms with Crippen LogP contribution < -0.4 is 5.06 Å². The van der Waals surface area contributed by atoms with Gasteiger partial charge in [0.25, 0.3) is 0 Å². The number of rotatable bonds is 2. The van der Waals surface area contributed by atoms with Gasteiger partial charge in [0.15, 0.2) is 0 Å². The van der Waals surface area contributed by atoms with Crippen LogP contribution in [0.25, 0.3) is 0 Å². The molecule has 2 nitrogen and oxygen atoms in total. The van der Waals surface area contributed by atoms with Crippen molar-refractivity contribution in [3.05, 3.63) is 35.5 Å². The van der Waals surface area contributed by atoms with E-state index < -0.39 is 0 Å². The third-order valence-corrected chi connectivity index (χ3v) is 3.41. The van der Waals surface area contributed by atoms with Gasteiger partial charge in [-0.2, -0.15) is 0 Å². The maximum atomic E-state index is 12.2. The Morgan fingerprint density at radius 3 is 2.27 bits per heavy atom. The Morgan fingerprint density at radius 2 is 1.67 bits per heavy atom. The normalized spacial score (nSPS) is 19.9. The monoisotopic (exact) mass is 204 g/mol. The van der Waals surface area contributed by atoms with Crippen molar-refractivity contribution in [1.82, 2.24) is 0 Å². The predicted octanol–water partition coefficient (Wildman–Crippen LogP) is 3.71. The molecular formula is C13H18NO-. The van der Waals surface area contributed by atoms with Gasteiger partial charge in [-0.1, -0.05) is 37.5 Å². The van der Waals surface area contributed by atoms with Gasteiger partial charge in [-0.3, -0.25) is 0 Å². The minimum absolute atomic E-state index is 0.181. The van der Waals surface area contributed by atoms with Crippen molar-refractivity contribution in [1.29, 1.82) is 0 Å². The van der Waals surface area contributed by atoms with E-state index in [1.165, 1.54) is 24.3 Å². The second kappa shape index (κ2) is 4.23. The quantitative estimate of drug-likeness (QED) is 0.686. The van der Waals surface area contributed by atoms with E-state index >= 15 is 0 Å². The molecule has 0 saturated heterocycles. The highest BCUT2D eigenvalue weighted by molar-refractivity contribution is 5.49. The molecule has 1 aromatic rings. The first kappa shape index (κ1) is 10.5. The van der Waals surface area contributed by atoms with Crippen LogP contribution in [0.1, 0.15) is 39.0 Å². The van der Waals surface area contributed by atoms with E-state index in [2.05, 4.69) is 6.92 Å². The maximum absolute atomic E-state index is 12.2. The average Bonchev–Trinajstić information content (AvgIpc) is 2.30. The zero-order chi connectivity index (χ0) is 10.7. The van der Waals surface area contributed by atoms with E-state index in [4.69, 9.17) is 0 Å². The van der Waals surface area contributed by atoms with Crippen LogP contribution in [0.3, 0.4) is 0 Å². The summed E-state index contributed by atoms with van der Waals surface area (Å²) in [5.41, 5.74) is 0.612. The molecule has 0 heterocycles. The topological polar surface area (TPSA) is 26.3 Å². The molecular weight excluding hydrogens is 186 g/mol. The summed E-state index contributed by atoms with van der Waals surface area (Å²) in [7, 11) is 0. The number of nitrogens with zero attached hydrogens (tertiary/aromatic N) is 1. The van der Waals surface area contributed by atoms with Crippen molar-refractivity contribution in [3.63, 3.8) is 0 Å². The first-order chi connectivity index (χ1) is 7.22. The van der Waals surface area contributed by atoms with Crippen LogP contribution >= 0.6 is 0 Å². The molecule has 0 radical (unpaired) electrons. The van der Waals surface area contributed by atoms with E-state index in [-0.39, 0.29) is 5.54 Å². The summed E-state index contributed by atoms with van der Waals surface area (Å²) in [5.74, 6) is 0. The van der Waals surface area contributed by atoms with E-state index in [0.29, 0.717) is 0 Å². The van der Waals surface area contributed by atoms with E-state index in [0.717, 1.165) is 18.5 Å². The van der Waals surface area contributed by atoms with Crippen LogP contribution in [0.5, 0.6) is 0 Å². The molecule has 0 spiro atoms. The molecule has 0 atom stereocenters. The van der Waals surface area contributed by atoms with Crippen LogP contribution in [0, 0.1) is 5.21 Å². The zero-order valence-corrected chi connectivity index (χ0v) is 9.28. The van der Waals surface area contributed by atoms with Crippen LogP contribution in [0.2, 0.25) is 0 Å². The number of hydroxylamine groups is 1. The van der Waals surface area contributed by atoms with Crippen molar-refractivity contribution in [2.75, 3.05) is 5.06 Å². The van der Waals surface area contributed by atoms with E-state index in [1.54, 1.807) is 0 Å². The molecule has 1 aromatic carbocycles. The van der Waals surface area contributed by atoms with Crippen LogP contribution in [-0.4, -0.2) is 5.54 Å². The minimum Gasteiger partial charge on any atom is -0.758 e. The smallest absolute Gasteiger partial charge is 0.0263 e. The van der Waals surface area contributed by atoms with Gasteiger partial charge in [0, 0.05) is 11.2 Å². The Labute approximate surface area is 91.5 Å². The fraction of sp³-hybridized carbons (Fsp3) is 0.538. The highest BCUT2D eigenvalue weighted by atomic mass is 16.5. The van der Waals surface area contributed by atoms with E-state index in [9.17, 15) is 5.21 Å². The summed E-state index contributed by atoms with van der Waals surface area (Å²) in [6.45, 7) is 2.09. The third-order valence-electron chi connectivity index (χ3n) is 3.41. The highest BCUT2D eigenvalue weighted by Gasteiger charge is 2.28. The zero-order valence-electron chi connectivity index (χ0n) is 9.28. The lowest BCUT2D eigenvalue weighted by Crippen LogP contribution is -2.44. The molecule has 2 heteroatoms. The molecule has 0 aromatic heterocycles. The van der Waals surface area contributed by atoms with Crippen molar-refractivity contribution >= 4 is 5.69 Å². The SMILES string of the molecule is CC1(N([O-])c2ccccc2)CCCCC1. The minimum atomic E-state index is -0.181.